The van der Waals surface area contributed by atoms with Crippen LogP contribution in [-0.2, 0) is 0 Å². The lowest BCUT2D eigenvalue weighted by Gasteiger charge is -2.15. The molecule has 5 heteroatoms. The highest BCUT2D eigenvalue weighted by atomic mass is 79.9. The van der Waals surface area contributed by atoms with Crippen LogP contribution >= 0.6 is 15.9 Å². The molecule has 2 aromatic rings. The lowest BCUT2D eigenvalue weighted by Crippen LogP contribution is -2.07. The van der Waals surface area contributed by atoms with Gasteiger partial charge < -0.3 is 10.5 Å². The van der Waals surface area contributed by atoms with Gasteiger partial charge in [0.15, 0.2) is 11.6 Å². The normalized spacial score (nSPS) is 12.3. The van der Waals surface area contributed by atoms with Crippen molar-refractivity contribution in [3.8, 4) is 11.5 Å². The maximum absolute atomic E-state index is 13.8. The van der Waals surface area contributed by atoms with E-state index < -0.39 is 17.7 Å². The van der Waals surface area contributed by atoms with Gasteiger partial charge in [-0.1, -0.05) is 12.1 Å². The molecule has 0 heterocycles. The highest BCUT2D eigenvalue weighted by Crippen LogP contribution is 2.35. The van der Waals surface area contributed by atoms with E-state index in [1.165, 1.54) is 24.3 Å². The zero-order valence-corrected chi connectivity index (χ0v) is 11.7. The van der Waals surface area contributed by atoms with Crippen LogP contribution in [0.5, 0.6) is 11.5 Å². The van der Waals surface area contributed by atoms with Crippen LogP contribution in [0.2, 0.25) is 0 Å². The predicted octanol–water partition coefficient (Wildman–Crippen LogP) is 4.54. The van der Waals surface area contributed by atoms with Gasteiger partial charge in [-0.15, -0.1) is 0 Å². The Labute approximate surface area is 118 Å². The summed E-state index contributed by atoms with van der Waals surface area (Å²) in [6.07, 6.45) is 0. The molecule has 0 bridgehead atoms. The second kappa shape index (κ2) is 5.67. The summed E-state index contributed by atoms with van der Waals surface area (Å²) >= 11 is 3.23. The van der Waals surface area contributed by atoms with Crippen LogP contribution in [-0.4, -0.2) is 0 Å². The Morgan fingerprint density at radius 3 is 2.63 bits per heavy atom. The fourth-order valence-corrected chi connectivity index (χ4v) is 1.98. The molecule has 0 fully saturated rings. The smallest absolute Gasteiger partial charge is 0.167 e. The molecule has 0 saturated heterocycles. The average molecular weight is 328 g/mol. The molecule has 0 aliphatic carbocycles. The topological polar surface area (TPSA) is 35.2 Å². The first-order valence-corrected chi connectivity index (χ1v) is 6.45. The van der Waals surface area contributed by atoms with Crippen molar-refractivity contribution >= 4 is 15.9 Å². The van der Waals surface area contributed by atoms with Crippen LogP contribution in [0.15, 0.2) is 40.9 Å². The Kier molecular flexibility index (Phi) is 4.17. The van der Waals surface area contributed by atoms with E-state index in [1.54, 1.807) is 19.1 Å². The third-order valence-corrected chi connectivity index (χ3v) is 3.25. The number of halogens is 3. The molecule has 2 aromatic carbocycles. The molecule has 0 spiro atoms. The van der Waals surface area contributed by atoms with Crippen LogP contribution in [0.25, 0.3) is 0 Å². The molecular weight excluding hydrogens is 316 g/mol. The van der Waals surface area contributed by atoms with E-state index in [2.05, 4.69) is 15.9 Å². The number of ether oxygens (including phenoxy) is 1. The monoisotopic (exact) mass is 327 g/mol. The highest BCUT2D eigenvalue weighted by Gasteiger charge is 2.15. The molecule has 0 saturated carbocycles. The molecule has 2 nitrogen and oxygen atoms in total. The Morgan fingerprint density at radius 2 is 1.95 bits per heavy atom. The average Bonchev–Trinajstić information content (AvgIpc) is 2.35. The molecule has 0 aliphatic rings. The first kappa shape index (κ1) is 14.0. The zero-order chi connectivity index (χ0) is 14.0. The summed E-state index contributed by atoms with van der Waals surface area (Å²) < 4.78 is 33.0. The van der Waals surface area contributed by atoms with Crippen LogP contribution in [0.3, 0.4) is 0 Å². The predicted molar refractivity (Wildman–Crippen MR) is 73.2 cm³/mol. The van der Waals surface area contributed by atoms with Gasteiger partial charge in [-0.25, -0.2) is 8.78 Å². The molecule has 2 rings (SSSR count). The summed E-state index contributed by atoms with van der Waals surface area (Å²) in [6, 6.07) is 8.08. The van der Waals surface area contributed by atoms with Gasteiger partial charge in [-0.2, -0.15) is 0 Å². The summed E-state index contributed by atoms with van der Waals surface area (Å²) in [4.78, 5) is 0. The van der Waals surface area contributed by atoms with Crippen LogP contribution in [0.4, 0.5) is 8.78 Å². The minimum atomic E-state index is -0.536. The van der Waals surface area contributed by atoms with E-state index in [9.17, 15) is 8.78 Å². The number of hydrogen-bond acceptors (Lipinski definition) is 2. The first-order chi connectivity index (χ1) is 8.99. The van der Waals surface area contributed by atoms with Gasteiger partial charge in [-0.3, -0.25) is 0 Å². The minimum Gasteiger partial charge on any atom is -0.453 e. The maximum Gasteiger partial charge on any atom is 0.167 e. The number of rotatable bonds is 3. The Hall–Kier alpha value is -1.46. The number of hydrogen-bond donors (Lipinski definition) is 1. The lowest BCUT2D eigenvalue weighted by molar-refractivity contribution is 0.427. The summed E-state index contributed by atoms with van der Waals surface area (Å²) in [5.41, 5.74) is 6.30. The number of nitrogens with two attached hydrogens (primary N) is 1. The van der Waals surface area contributed by atoms with Crippen LogP contribution in [0, 0.1) is 11.6 Å². The quantitative estimate of drug-likeness (QED) is 0.898. The third kappa shape index (κ3) is 3.11. The van der Waals surface area contributed by atoms with Gasteiger partial charge in [-0.05, 0) is 41.1 Å². The standard InChI is InChI=1S/C14H12BrF2NO/c1-8(18)10-3-2-4-12(17)14(10)19-13-7-9(16)5-6-11(13)15/h2-8H,18H2,1H3/t8-/m0/s1. The minimum absolute atomic E-state index is 0.0174. The molecule has 2 N–H and O–H groups in total. The summed E-state index contributed by atoms with van der Waals surface area (Å²) in [6.45, 7) is 1.72. The van der Waals surface area contributed by atoms with Crippen molar-refractivity contribution in [3.05, 3.63) is 58.1 Å². The third-order valence-electron chi connectivity index (χ3n) is 2.59. The summed E-state index contributed by atoms with van der Waals surface area (Å²) in [5, 5.41) is 0. The van der Waals surface area contributed by atoms with Gasteiger partial charge in [0.05, 0.1) is 4.47 Å². The molecule has 0 unspecified atom stereocenters. The van der Waals surface area contributed by atoms with Crippen molar-refractivity contribution in [2.24, 2.45) is 5.73 Å². The fraction of sp³-hybridized carbons (Fsp3) is 0.143. The maximum atomic E-state index is 13.8. The molecule has 0 aromatic heterocycles. The molecule has 19 heavy (non-hydrogen) atoms. The second-order valence-corrected chi connectivity index (χ2v) is 4.98. The molecule has 0 radical (unpaired) electrons. The van der Waals surface area contributed by atoms with Crippen molar-refractivity contribution < 1.29 is 13.5 Å². The van der Waals surface area contributed by atoms with Crippen molar-refractivity contribution in [2.45, 2.75) is 13.0 Å². The van der Waals surface area contributed by atoms with E-state index in [1.807, 2.05) is 0 Å². The van der Waals surface area contributed by atoms with Crippen molar-refractivity contribution in [2.75, 3.05) is 0 Å². The second-order valence-electron chi connectivity index (χ2n) is 4.12. The van der Waals surface area contributed by atoms with E-state index in [0.29, 0.717) is 10.0 Å². The summed E-state index contributed by atoms with van der Waals surface area (Å²) in [5.74, 6) is -0.779. The van der Waals surface area contributed by atoms with Gasteiger partial charge in [0.2, 0.25) is 0 Å². The Bertz CT molecular complexity index is 602. The van der Waals surface area contributed by atoms with Crippen molar-refractivity contribution in [1.82, 2.24) is 0 Å². The van der Waals surface area contributed by atoms with Crippen LogP contribution in [0.1, 0.15) is 18.5 Å². The fourth-order valence-electron chi connectivity index (χ4n) is 1.66. The van der Waals surface area contributed by atoms with Gasteiger partial charge in [0, 0.05) is 17.7 Å². The zero-order valence-electron chi connectivity index (χ0n) is 10.2. The lowest BCUT2D eigenvalue weighted by atomic mass is 10.1. The van der Waals surface area contributed by atoms with Crippen molar-refractivity contribution in [1.29, 1.82) is 0 Å². The van der Waals surface area contributed by atoms with E-state index >= 15 is 0 Å². The number of para-hydroxylation sites is 1. The Balaban J connectivity index is 2.46. The molecule has 0 amide bonds. The SMILES string of the molecule is C[C@H](N)c1cccc(F)c1Oc1cc(F)ccc1Br. The van der Waals surface area contributed by atoms with Crippen LogP contribution < -0.4 is 10.5 Å². The summed E-state index contributed by atoms with van der Waals surface area (Å²) in [7, 11) is 0. The molecule has 100 valence electrons. The molecular formula is C14H12BrF2NO. The molecule has 1 atom stereocenters. The van der Waals surface area contributed by atoms with Gasteiger partial charge in [0.25, 0.3) is 0 Å². The van der Waals surface area contributed by atoms with Crippen molar-refractivity contribution in [3.63, 3.8) is 0 Å². The molecule has 0 aliphatic heterocycles. The first-order valence-electron chi connectivity index (χ1n) is 5.66. The van der Waals surface area contributed by atoms with E-state index in [0.717, 1.165) is 0 Å². The number of benzene rings is 2. The highest BCUT2D eigenvalue weighted by molar-refractivity contribution is 9.10. The Morgan fingerprint density at radius 1 is 1.21 bits per heavy atom. The largest absolute Gasteiger partial charge is 0.453 e. The van der Waals surface area contributed by atoms with E-state index in [4.69, 9.17) is 10.5 Å². The van der Waals surface area contributed by atoms with Gasteiger partial charge >= 0.3 is 0 Å². The van der Waals surface area contributed by atoms with E-state index in [-0.39, 0.29) is 11.5 Å². The van der Waals surface area contributed by atoms with Gasteiger partial charge in [0.1, 0.15) is 11.6 Å².